The molecule has 1 N–H and O–H groups in total. The van der Waals surface area contributed by atoms with Crippen LogP contribution in [-0.2, 0) is 13.1 Å². The molecule has 0 aliphatic rings. The van der Waals surface area contributed by atoms with Crippen LogP contribution in [0.3, 0.4) is 0 Å². The molecule has 0 amide bonds. The zero-order valence-electron chi connectivity index (χ0n) is 11.6. The number of nitrogens with zero attached hydrogens (tertiary/aromatic N) is 2. The van der Waals surface area contributed by atoms with Crippen LogP contribution < -0.4 is 10.2 Å². The maximum absolute atomic E-state index is 5.08. The summed E-state index contributed by atoms with van der Waals surface area (Å²) < 4.78 is 5.08. The predicted molar refractivity (Wildman–Crippen MR) is 77.0 cm³/mol. The molecule has 0 saturated carbocycles. The van der Waals surface area contributed by atoms with Crippen molar-refractivity contribution in [1.29, 1.82) is 0 Å². The van der Waals surface area contributed by atoms with Gasteiger partial charge in [-0.05, 0) is 31.2 Å². The standard InChI is InChI=1S/C15H21N3O/c1-3-8-16-10-14-5-4-6-15(17-14)18(2)11-13-7-9-19-12-13/h4-7,9,12,16H,3,8,10-11H2,1-2H3. The Morgan fingerprint density at radius 3 is 2.95 bits per heavy atom. The van der Waals surface area contributed by atoms with Crippen molar-refractivity contribution >= 4 is 5.82 Å². The van der Waals surface area contributed by atoms with Crippen LogP contribution in [0.25, 0.3) is 0 Å². The molecule has 0 spiro atoms. The van der Waals surface area contributed by atoms with E-state index < -0.39 is 0 Å². The minimum atomic E-state index is 0.801. The molecule has 0 bridgehead atoms. The Morgan fingerprint density at radius 2 is 2.21 bits per heavy atom. The lowest BCUT2D eigenvalue weighted by Crippen LogP contribution is -2.19. The lowest BCUT2D eigenvalue weighted by molar-refractivity contribution is 0.563. The van der Waals surface area contributed by atoms with E-state index in [9.17, 15) is 0 Å². The summed E-state index contributed by atoms with van der Waals surface area (Å²) in [5.74, 6) is 0.983. The summed E-state index contributed by atoms with van der Waals surface area (Å²) in [5.41, 5.74) is 2.23. The third-order valence-corrected chi connectivity index (χ3v) is 2.92. The molecule has 0 saturated heterocycles. The highest BCUT2D eigenvalue weighted by Gasteiger charge is 2.05. The summed E-state index contributed by atoms with van der Waals surface area (Å²) in [7, 11) is 2.04. The third kappa shape index (κ3) is 4.10. The molecule has 4 nitrogen and oxygen atoms in total. The number of anilines is 1. The van der Waals surface area contributed by atoms with E-state index in [0.29, 0.717) is 0 Å². The van der Waals surface area contributed by atoms with Gasteiger partial charge in [-0.3, -0.25) is 0 Å². The van der Waals surface area contributed by atoms with Crippen molar-refractivity contribution in [2.24, 2.45) is 0 Å². The van der Waals surface area contributed by atoms with Gasteiger partial charge in [0, 0.05) is 25.7 Å². The monoisotopic (exact) mass is 259 g/mol. The number of rotatable bonds is 7. The lowest BCUT2D eigenvalue weighted by Gasteiger charge is -2.18. The number of hydrogen-bond donors (Lipinski definition) is 1. The van der Waals surface area contributed by atoms with Crippen molar-refractivity contribution in [3.63, 3.8) is 0 Å². The Labute approximate surface area is 114 Å². The predicted octanol–water partition coefficient (Wildman–Crippen LogP) is 2.81. The Bertz CT molecular complexity index is 482. The van der Waals surface area contributed by atoms with Crippen LogP contribution in [0, 0.1) is 0 Å². The van der Waals surface area contributed by atoms with Gasteiger partial charge >= 0.3 is 0 Å². The molecule has 0 aliphatic carbocycles. The van der Waals surface area contributed by atoms with Gasteiger partial charge in [0.25, 0.3) is 0 Å². The topological polar surface area (TPSA) is 41.3 Å². The Hall–Kier alpha value is -1.81. The highest BCUT2D eigenvalue weighted by Crippen LogP contribution is 2.13. The molecule has 2 aromatic rings. The number of furan rings is 1. The van der Waals surface area contributed by atoms with Crippen LogP contribution in [0.2, 0.25) is 0 Å². The zero-order valence-corrected chi connectivity index (χ0v) is 11.6. The maximum Gasteiger partial charge on any atom is 0.128 e. The van der Waals surface area contributed by atoms with Crippen molar-refractivity contribution < 1.29 is 4.42 Å². The summed E-state index contributed by atoms with van der Waals surface area (Å²) in [6.45, 7) is 4.81. The third-order valence-electron chi connectivity index (χ3n) is 2.92. The second kappa shape index (κ2) is 6.95. The van der Waals surface area contributed by atoms with Crippen LogP contribution in [0.15, 0.2) is 41.2 Å². The minimum Gasteiger partial charge on any atom is -0.472 e. The first kappa shape index (κ1) is 13.6. The van der Waals surface area contributed by atoms with Crippen LogP contribution in [0.1, 0.15) is 24.6 Å². The molecule has 19 heavy (non-hydrogen) atoms. The maximum atomic E-state index is 5.08. The summed E-state index contributed by atoms with van der Waals surface area (Å²) in [4.78, 5) is 6.78. The largest absolute Gasteiger partial charge is 0.472 e. The second-order valence-corrected chi connectivity index (χ2v) is 4.65. The van der Waals surface area contributed by atoms with Gasteiger partial charge in [0.1, 0.15) is 5.82 Å². The molecule has 0 radical (unpaired) electrons. The molecule has 0 atom stereocenters. The lowest BCUT2D eigenvalue weighted by atomic mass is 10.3. The number of pyridine rings is 1. The van der Waals surface area contributed by atoms with E-state index in [-0.39, 0.29) is 0 Å². The van der Waals surface area contributed by atoms with E-state index in [0.717, 1.165) is 43.1 Å². The summed E-state index contributed by atoms with van der Waals surface area (Å²) in [6, 6.07) is 8.11. The van der Waals surface area contributed by atoms with Crippen LogP contribution in [0.4, 0.5) is 5.82 Å². The molecule has 0 fully saturated rings. The van der Waals surface area contributed by atoms with Crippen molar-refractivity contribution in [3.8, 4) is 0 Å². The molecule has 4 heteroatoms. The van der Waals surface area contributed by atoms with E-state index in [4.69, 9.17) is 4.42 Å². The summed E-state index contributed by atoms with van der Waals surface area (Å²) >= 11 is 0. The molecule has 102 valence electrons. The van der Waals surface area contributed by atoms with Gasteiger partial charge in [0.05, 0.1) is 18.2 Å². The van der Waals surface area contributed by atoms with Crippen molar-refractivity contribution in [2.75, 3.05) is 18.5 Å². The zero-order chi connectivity index (χ0) is 13.5. The molecule has 0 aromatic carbocycles. The fourth-order valence-electron chi connectivity index (χ4n) is 1.91. The van der Waals surface area contributed by atoms with Gasteiger partial charge in [-0.1, -0.05) is 13.0 Å². The fraction of sp³-hybridized carbons (Fsp3) is 0.400. The van der Waals surface area contributed by atoms with Crippen molar-refractivity contribution in [1.82, 2.24) is 10.3 Å². The van der Waals surface area contributed by atoms with E-state index in [1.165, 1.54) is 0 Å². The molecular formula is C15H21N3O. The second-order valence-electron chi connectivity index (χ2n) is 4.65. The molecule has 2 aromatic heterocycles. The van der Waals surface area contributed by atoms with Gasteiger partial charge in [-0.25, -0.2) is 4.98 Å². The number of aromatic nitrogens is 1. The average molecular weight is 259 g/mol. The molecule has 2 rings (SSSR count). The van der Waals surface area contributed by atoms with Crippen molar-refractivity contribution in [3.05, 3.63) is 48.0 Å². The van der Waals surface area contributed by atoms with Gasteiger partial charge in [0.2, 0.25) is 0 Å². The number of nitrogens with one attached hydrogen (secondary N) is 1. The van der Waals surface area contributed by atoms with Gasteiger partial charge < -0.3 is 14.6 Å². The van der Waals surface area contributed by atoms with Crippen LogP contribution in [0.5, 0.6) is 0 Å². The van der Waals surface area contributed by atoms with Crippen LogP contribution in [-0.4, -0.2) is 18.6 Å². The molecule has 2 heterocycles. The first-order valence-electron chi connectivity index (χ1n) is 6.68. The SMILES string of the molecule is CCCNCc1cccc(N(C)Cc2ccoc2)n1. The van der Waals surface area contributed by atoms with Gasteiger partial charge in [-0.15, -0.1) is 0 Å². The Kier molecular flexibility index (Phi) is 4.98. The van der Waals surface area contributed by atoms with E-state index in [1.54, 1.807) is 12.5 Å². The van der Waals surface area contributed by atoms with Gasteiger partial charge in [-0.2, -0.15) is 0 Å². The molecular weight excluding hydrogens is 238 g/mol. The average Bonchev–Trinajstić information content (AvgIpc) is 2.92. The fourth-order valence-corrected chi connectivity index (χ4v) is 1.91. The highest BCUT2D eigenvalue weighted by atomic mass is 16.3. The van der Waals surface area contributed by atoms with Gasteiger partial charge in [0.15, 0.2) is 0 Å². The van der Waals surface area contributed by atoms with Crippen molar-refractivity contribution in [2.45, 2.75) is 26.4 Å². The minimum absolute atomic E-state index is 0.801. The smallest absolute Gasteiger partial charge is 0.128 e. The molecule has 0 unspecified atom stereocenters. The quantitative estimate of drug-likeness (QED) is 0.776. The Morgan fingerprint density at radius 1 is 1.32 bits per heavy atom. The molecule has 0 aliphatic heterocycles. The number of hydrogen-bond acceptors (Lipinski definition) is 4. The van der Waals surface area contributed by atoms with E-state index in [1.807, 2.05) is 19.2 Å². The first-order valence-corrected chi connectivity index (χ1v) is 6.68. The highest BCUT2D eigenvalue weighted by molar-refractivity contribution is 5.39. The van der Waals surface area contributed by atoms with E-state index in [2.05, 4.69) is 34.3 Å². The Balaban J connectivity index is 1.97. The summed E-state index contributed by atoms with van der Waals surface area (Å²) in [5, 5.41) is 3.37. The van der Waals surface area contributed by atoms with Crippen LogP contribution >= 0.6 is 0 Å². The normalized spacial score (nSPS) is 10.6. The van der Waals surface area contributed by atoms with E-state index >= 15 is 0 Å². The summed E-state index contributed by atoms with van der Waals surface area (Å²) in [6.07, 6.45) is 4.60. The first-order chi connectivity index (χ1) is 9.29.